The van der Waals surface area contributed by atoms with Gasteiger partial charge in [0, 0.05) is 21.7 Å². The van der Waals surface area contributed by atoms with Crippen LogP contribution in [-0.2, 0) is 19.5 Å². The van der Waals surface area contributed by atoms with Gasteiger partial charge >= 0.3 is 0 Å². The molecule has 0 bridgehead atoms. The van der Waals surface area contributed by atoms with E-state index in [9.17, 15) is 13.5 Å². The van der Waals surface area contributed by atoms with Crippen LogP contribution < -0.4 is 5.32 Å². The maximum atomic E-state index is 11.2. The Morgan fingerprint density at radius 3 is 2.50 bits per heavy atom. The summed E-state index contributed by atoms with van der Waals surface area (Å²) in [5, 5.41) is 26.1. The number of phenols is 1. The van der Waals surface area contributed by atoms with Gasteiger partial charge in [0.25, 0.3) is 10.1 Å². The van der Waals surface area contributed by atoms with E-state index in [0.29, 0.717) is 39.1 Å². The SMILES string of the molecule is O=S(=O)(O)c1cccc(Nc2ccc3c(O)cc(SOOO)cc3c2)c1. The van der Waals surface area contributed by atoms with E-state index in [1.807, 2.05) is 0 Å². The molecule has 0 aromatic heterocycles. The Hall–Kier alpha value is -2.34. The van der Waals surface area contributed by atoms with Crippen molar-refractivity contribution in [2.45, 2.75) is 9.79 Å². The standard InChI is InChI=1S/C16H13NO7S2/c18-16-9-13(25-24-23-19)7-10-6-12(4-5-15(10)16)17-11-2-1-3-14(8-11)26(20,21)22/h1-9,17-19H,(H,20,21,22). The highest BCUT2D eigenvalue weighted by Gasteiger charge is 2.10. The Bertz CT molecular complexity index is 1050. The topological polar surface area (TPSA) is 125 Å². The van der Waals surface area contributed by atoms with Crippen LogP contribution in [0, 0.1) is 0 Å². The average molecular weight is 395 g/mol. The van der Waals surface area contributed by atoms with Crippen LogP contribution in [0.25, 0.3) is 10.8 Å². The minimum atomic E-state index is -4.29. The maximum Gasteiger partial charge on any atom is 0.294 e. The molecule has 3 rings (SSSR count). The molecule has 0 spiro atoms. The van der Waals surface area contributed by atoms with Crippen LogP contribution in [0.3, 0.4) is 0 Å². The molecule has 0 radical (unpaired) electrons. The fraction of sp³-hybridized carbons (Fsp3) is 0. The Balaban J connectivity index is 1.93. The first-order valence-corrected chi connectivity index (χ1v) is 9.31. The summed E-state index contributed by atoms with van der Waals surface area (Å²) in [5.41, 5.74) is 1.09. The Morgan fingerprint density at radius 2 is 1.77 bits per heavy atom. The lowest BCUT2D eigenvalue weighted by atomic mass is 10.1. The largest absolute Gasteiger partial charge is 0.507 e. The first kappa shape index (κ1) is 18.5. The molecule has 3 aromatic rings. The molecule has 0 saturated heterocycles. The summed E-state index contributed by atoms with van der Waals surface area (Å²) < 4.78 is 35.9. The summed E-state index contributed by atoms with van der Waals surface area (Å²) in [6, 6.07) is 14.0. The molecular formula is C16H13NO7S2. The molecule has 26 heavy (non-hydrogen) atoms. The van der Waals surface area contributed by atoms with Crippen molar-refractivity contribution in [2.75, 3.05) is 5.32 Å². The Morgan fingerprint density at radius 1 is 1.00 bits per heavy atom. The van der Waals surface area contributed by atoms with Crippen LogP contribution in [-0.4, -0.2) is 23.3 Å². The van der Waals surface area contributed by atoms with Gasteiger partial charge in [-0.1, -0.05) is 11.1 Å². The van der Waals surface area contributed by atoms with E-state index in [0.717, 1.165) is 0 Å². The van der Waals surface area contributed by atoms with Gasteiger partial charge in [0.15, 0.2) is 0 Å². The van der Waals surface area contributed by atoms with Crippen LogP contribution in [0.5, 0.6) is 5.75 Å². The van der Waals surface area contributed by atoms with Crippen molar-refractivity contribution >= 4 is 44.3 Å². The van der Waals surface area contributed by atoms with Crippen molar-refractivity contribution < 1.29 is 32.7 Å². The molecule has 0 amide bonds. The number of hydrogen-bond donors (Lipinski definition) is 4. The molecule has 0 saturated carbocycles. The number of hydrogen-bond acceptors (Lipinski definition) is 8. The van der Waals surface area contributed by atoms with Gasteiger partial charge in [-0.3, -0.25) is 4.55 Å². The third-order valence-electron chi connectivity index (χ3n) is 3.49. The van der Waals surface area contributed by atoms with Crippen LogP contribution in [0.4, 0.5) is 11.4 Å². The van der Waals surface area contributed by atoms with E-state index < -0.39 is 10.1 Å². The second kappa shape index (κ2) is 7.50. The minimum Gasteiger partial charge on any atom is -0.507 e. The summed E-state index contributed by atoms with van der Waals surface area (Å²) in [5.74, 6) is 0.0199. The first-order valence-electron chi connectivity index (χ1n) is 7.13. The van der Waals surface area contributed by atoms with Crippen LogP contribution in [0.15, 0.2) is 64.4 Å². The molecule has 136 valence electrons. The number of benzene rings is 3. The van der Waals surface area contributed by atoms with E-state index in [-0.39, 0.29) is 10.6 Å². The fourth-order valence-electron chi connectivity index (χ4n) is 2.40. The number of phenolic OH excluding ortho intramolecular Hbond substituents is 1. The van der Waals surface area contributed by atoms with Crippen LogP contribution in [0.2, 0.25) is 0 Å². The lowest BCUT2D eigenvalue weighted by molar-refractivity contribution is -0.432. The van der Waals surface area contributed by atoms with E-state index in [2.05, 4.69) is 14.7 Å². The average Bonchev–Trinajstić information content (AvgIpc) is 2.59. The summed E-state index contributed by atoms with van der Waals surface area (Å²) >= 11 is 0.717. The predicted octanol–water partition coefficient (Wildman–Crippen LogP) is 3.96. The van der Waals surface area contributed by atoms with Gasteiger partial charge in [0.1, 0.15) is 5.75 Å². The fourth-order valence-corrected chi connectivity index (χ4v) is 3.37. The van der Waals surface area contributed by atoms with Gasteiger partial charge in [0.05, 0.1) is 16.9 Å². The second-order valence-electron chi connectivity index (χ2n) is 5.23. The van der Waals surface area contributed by atoms with Crippen molar-refractivity contribution in [3.05, 3.63) is 54.6 Å². The minimum absolute atomic E-state index is 0.0199. The zero-order valence-electron chi connectivity index (χ0n) is 13.0. The van der Waals surface area contributed by atoms with Gasteiger partial charge in [-0.25, -0.2) is 5.26 Å². The highest BCUT2D eigenvalue weighted by Crippen LogP contribution is 2.34. The number of anilines is 2. The molecule has 10 heteroatoms. The van der Waals surface area contributed by atoms with Gasteiger partial charge in [0.2, 0.25) is 0 Å². The third-order valence-corrected chi connectivity index (χ3v) is 4.89. The zero-order chi connectivity index (χ0) is 18.7. The molecule has 0 aliphatic heterocycles. The molecule has 0 aliphatic carbocycles. The quantitative estimate of drug-likeness (QED) is 0.212. The molecular weight excluding hydrogens is 382 g/mol. The molecule has 0 fully saturated rings. The third kappa shape index (κ3) is 4.25. The highest BCUT2D eigenvalue weighted by molar-refractivity contribution is 7.94. The van der Waals surface area contributed by atoms with Crippen LogP contribution in [0.1, 0.15) is 0 Å². The molecule has 4 N–H and O–H groups in total. The zero-order valence-corrected chi connectivity index (χ0v) is 14.6. The molecule has 0 unspecified atom stereocenters. The van der Waals surface area contributed by atoms with Gasteiger partial charge < -0.3 is 10.4 Å². The molecule has 0 aliphatic rings. The summed E-state index contributed by atoms with van der Waals surface area (Å²) in [6.07, 6.45) is 0. The lowest BCUT2D eigenvalue weighted by Gasteiger charge is -2.10. The van der Waals surface area contributed by atoms with E-state index >= 15 is 0 Å². The summed E-state index contributed by atoms with van der Waals surface area (Å²) in [6.45, 7) is 0. The van der Waals surface area contributed by atoms with Gasteiger partial charge in [-0.05, 0) is 53.9 Å². The molecule has 0 heterocycles. The summed E-state index contributed by atoms with van der Waals surface area (Å²) in [4.78, 5) is 0.273. The maximum absolute atomic E-state index is 11.2. The highest BCUT2D eigenvalue weighted by atomic mass is 32.2. The Labute approximate surface area is 152 Å². The number of fused-ring (bicyclic) bond motifs is 1. The predicted molar refractivity (Wildman–Crippen MR) is 95.8 cm³/mol. The second-order valence-corrected chi connectivity index (χ2v) is 7.43. The number of aromatic hydroxyl groups is 1. The summed E-state index contributed by atoms with van der Waals surface area (Å²) in [7, 11) is -4.29. The van der Waals surface area contributed by atoms with Gasteiger partial charge in [-0.2, -0.15) is 8.42 Å². The van der Waals surface area contributed by atoms with Crippen LogP contribution >= 0.6 is 12.0 Å². The molecule has 3 aromatic carbocycles. The van der Waals surface area contributed by atoms with E-state index in [1.165, 1.54) is 24.3 Å². The lowest BCUT2D eigenvalue weighted by Crippen LogP contribution is -1.99. The van der Waals surface area contributed by atoms with Crippen molar-refractivity contribution in [3.63, 3.8) is 0 Å². The van der Waals surface area contributed by atoms with E-state index in [1.54, 1.807) is 30.3 Å². The van der Waals surface area contributed by atoms with Gasteiger partial charge in [-0.15, -0.1) is 4.33 Å². The molecule has 0 atom stereocenters. The monoisotopic (exact) mass is 395 g/mol. The van der Waals surface area contributed by atoms with Crippen molar-refractivity contribution in [1.29, 1.82) is 0 Å². The number of rotatable bonds is 6. The first-order chi connectivity index (χ1) is 12.4. The van der Waals surface area contributed by atoms with E-state index in [4.69, 9.17) is 9.81 Å². The Kier molecular flexibility index (Phi) is 5.32. The normalized spacial score (nSPS) is 11.6. The van der Waals surface area contributed by atoms with Crippen molar-refractivity contribution in [1.82, 2.24) is 0 Å². The van der Waals surface area contributed by atoms with Crippen molar-refractivity contribution in [3.8, 4) is 5.75 Å². The number of nitrogens with one attached hydrogen (secondary N) is 1. The smallest absolute Gasteiger partial charge is 0.294 e. The van der Waals surface area contributed by atoms with Crippen molar-refractivity contribution in [2.24, 2.45) is 0 Å². The molecule has 8 nitrogen and oxygen atoms in total.